The molecule has 2 rings (SSSR count). The number of halogens is 1. The summed E-state index contributed by atoms with van der Waals surface area (Å²) in [7, 11) is 0. The van der Waals surface area contributed by atoms with Crippen LogP contribution in [0, 0.1) is 5.92 Å². The Labute approximate surface area is 108 Å². The van der Waals surface area contributed by atoms with Crippen molar-refractivity contribution in [3.63, 3.8) is 0 Å². The summed E-state index contributed by atoms with van der Waals surface area (Å²) in [4.78, 5) is 14.0. The molecule has 0 aromatic carbocycles. The predicted octanol–water partition coefficient (Wildman–Crippen LogP) is 0.556. The van der Waals surface area contributed by atoms with Gasteiger partial charge in [-0.2, -0.15) is 0 Å². The van der Waals surface area contributed by atoms with Crippen molar-refractivity contribution in [2.24, 2.45) is 5.92 Å². The van der Waals surface area contributed by atoms with Crippen molar-refractivity contribution in [2.75, 3.05) is 19.6 Å². The number of hydrogen-bond donors (Lipinski definition) is 2. The Morgan fingerprint density at radius 2 is 2.06 bits per heavy atom. The molecule has 2 atom stereocenters. The minimum Gasteiger partial charge on any atom is -0.392 e. The second-order valence-electron chi connectivity index (χ2n) is 4.75. The Hall–Kier alpha value is -0.580. The molecule has 2 heterocycles. The van der Waals surface area contributed by atoms with Crippen LogP contribution in [-0.4, -0.2) is 47.7 Å². The fourth-order valence-corrected chi connectivity index (χ4v) is 2.48. The highest BCUT2D eigenvalue weighted by Crippen LogP contribution is 2.19. The fraction of sp³-hybridized carbons (Fsp3) is 0.750. The molecule has 0 spiro atoms. The van der Waals surface area contributed by atoms with Gasteiger partial charge in [-0.05, 0) is 25.2 Å². The van der Waals surface area contributed by atoms with E-state index >= 15 is 0 Å². The molecule has 2 aliphatic rings. The number of allylic oxidation sites excluding steroid dienone is 1. The topological polar surface area (TPSA) is 52.6 Å². The molecule has 1 amide bonds. The maximum absolute atomic E-state index is 12.1. The van der Waals surface area contributed by atoms with E-state index in [9.17, 15) is 9.90 Å². The van der Waals surface area contributed by atoms with Crippen LogP contribution in [0.25, 0.3) is 0 Å². The third kappa shape index (κ3) is 3.44. The first-order valence-corrected chi connectivity index (χ1v) is 6.03. The van der Waals surface area contributed by atoms with Crippen molar-refractivity contribution in [3.8, 4) is 0 Å². The second-order valence-corrected chi connectivity index (χ2v) is 4.75. The molecule has 17 heavy (non-hydrogen) atoms. The standard InChI is InChI=1S/C12H20N2O2.ClH/c1-2-9-3-5-14(6-4-9)12(16)11-7-10(15)8-13-11;/h2,9-11,13,15H,1,3-8H2;1H. The highest BCUT2D eigenvalue weighted by Gasteiger charge is 2.32. The number of amides is 1. The maximum atomic E-state index is 12.1. The van der Waals surface area contributed by atoms with Gasteiger partial charge < -0.3 is 15.3 Å². The molecule has 2 unspecified atom stereocenters. The quantitative estimate of drug-likeness (QED) is 0.714. The van der Waals surface area contributed by atoms with Gasteiger partial charge >= 0.3 is 0 Å². The predicted molar refractivity (Wildman–Crippen MR) is 69.2 cm³/mol. The van der Waals surface area contributed by atoms with Crippen LogP contribution in [0.2, 0.25) is 0 Å². The first-order chi connectivity index (χ1) is 7.70. The number of carbonyl (C=O) groups is 1. The normalized spacial score (nSPS) is 29.8. The third-order valence-electron chi connectivity index (χ3n) is 3.59. The number of likely N-dealkylation sites (tertiary alicyclic amines) is 1. The molecule has 0 saturated carbocycles. The average molecular weight is 261 g/mol. The van der Waals surface area contributed by atoms with Gasteiger partial charge in [0, 0.05) is 19.6 Å². The number of aliphatic hydroxyl groups excluding tert-OH is 1. The fourth-order valence-electron chi connectivity index (χ4n) is 2.48. The van der Waals surface area contributed by atoms with Crippen LogP contribution < -0.4 is 5.32 Å². The molecule has 0 aliphatic carbocycles. The molecular formula is C12H21ClN2O2. The molecule has 0 aromatic rings. The van der Waals surface area contributed by atoms with E-state index in [0.29, 0.717) is 18.9 Å². The number of hydrogen-bond acceptors (Lipinski definition) is 3. The van der Waals surface area contributed by atoms with E-state index in [2.05, 4.69) is 11.9 Å². The number of piperidine rings is 1. The van der Waals surface area contributed by atoms with Crippen molar-refractivity contribution in [3.05, 3.63) is 12.7 Å². The molecule has 4 nitrogen and oxygen atoms in total. The Morgan fingerprint density at radius 3 is 2.53 bits per heavy atom. The third-order valence-corrected chi connectivity index (χ3v) is 3.59. The van der Waals surface area contributed by atoms with Crippen LogP contribution in [0.5, 0.6) is 0 Å². The largest absolute Gasteiger partial charge is 0.392 e. The summed E-state index contributed by atoms with van der Waals surface area (Å²) in [5, 5.41) is 12.4. The Bertz CT molecular complexity index is 278. The van der Waals surface area contributed by atoms with Gasteiger partial charge in [0.2, 0.25) is 5.91 Å². The van der Waals surface area contributed by atoms with Gasteiger partial charge in [-0.25, -0.2) is 0 Å². The summed E-state index contributed by atoms with van der Waals surface area (Å²) in [6, 6.07) is -0.171. The number of nitrogens with zero attached hydrogens (tertiary/aromatic N) is 1. The van der Waals surface area contributed by atoms with Crippen LogP contribution in [0.15, 0.2) is 12.7 Å². The van der Waals surface area contributed by atoms with Crippen LogP contribution in [0.3, 0.4) is 0 Å². The van der Waals surface area contributed by atoms with Crippen LogP contribution in [-0.2, 0) is 4.79 Å². The lowest BCUT2D eigenvalue weighted by Crippen LogP contribution is -2.46. The number of carbonyl (C=O) groups excluding carboxylic acids is 1. The van der Waals surface area contributed by atoms with Gasteiger partial charge in [-0.3, -0.25) is 4.79 Å². The minimum absolute atomic E-state index is 0. The van der Waals surface area contributed by atoms with Crippen molar-refractivity contribution >= 4 is 18.3 Å². The summed E-state index contributed by atoms with van der Waals surface area (Å²) < 4.78 is 0. The first kappa shape index (κ1) is 14.5. The number of rotatable bonds is 2. The number of nitrogens with one attached hydrogen (secondary N) is 1. The molecule has 2 N–H and O–H groups in total. The Morgan fingerprint density at radius 1 is 1.41 bits per heavy atom. The first-order valence-electron chi connectivity index (χ1n) is 6.03. The van der Waals surface area contributed by atoms with Crippen molar-refractivity contribution in [2.45, 2.75) is 31.4 Å². The van der Waals surface area contributed by atoms with E-state index in [4.69, 9.17) is 0 Å². The van der Waals surface area contributed by atoms with Gasteiger partial charge in [0.15, 0.2) is 0 Å². The molecule has 2 aliphatic heterocycles. The van der Waals surface area contributed by atoms with Crippen LogP contribution in [0.4, 0.5) is 0 Å². The molecule has 5 heteroatoms. The Balaban J connectivity index is 0.00000144. The molecule has 98 valence electrons. The minimum atomic E-state index is -0.361. The van der Waals surface area contributed by atoms with Crippen molar-refractivity contribution < 1.29 is 9.90 Å². The zero-order chi connectivity index (χ0) is 11.5. The van der Waals surface area contributed by atoms with E-state index in [1.807, 2.05) is 11.0 Å². The monoisotopic (exact) mass is 260 g/mol. The maximum Gasteiger partial charge on any atom is 0.239 e. The molecule has 0 bridgehead atoms. The molecule has 2 fully saturated rings. The van der Waals surface area contributed by atoms with E-state index in [0.717, 1.165) is 25.9 Å². The SMILES string of the molecule is C=CC1CCN(C(=O)C2CC(O)CN2)CC1.Cl. The van der Waals surface area contributed by atoms with Gasteiger partial charge in [0.25, 0.3) is 0 Å². The Kier molecular flexibility index (Phi) is 5.43. The highest BCUT2D eigenvalue weighted by molar-refractivity contribution is 5.85. The number of aliphatic hydroxyl groups is 1. The lowest BCUT2D eigenvalue weighted by atomic mass is 9.96. The molecule has 0 aromatic heterocycles. The zero-order valence-electron chi connectivity index (χ0n) is 9.97. The summed E-state index contributed by atoms with van der Waals surface area (Å²) in [6.45, 7) is 5.98. The summed E-state index contributed by atoms with van der Waals surface area (Å²) in [5.74, 6) is 0.713. The average Bonchev–Trinajstić information content (AvgIpc) is 2.75. The van der Waals surface area contributed by atoms with Gasteiger partial charge in [0.1, 0.15) is 0 Å². The van der Waals surface area contributed by atoms with Crippen molar-refractivity contribution in [1.29, 1.82) is 0 Å². The summed E-state index contributed by atoms with van der Waals surface area (Å²) in [5.41, 5.74) is 0. The number of β-amino-alcohol motifs (C(OH)–C–C–N with tert-alkyl or cyclic N) is 1. The molecule has 0 radical (unpaired) electrons. The highest BCUT2D eigenvalue weighted by atomic mass is 35.5. The van der Waals surface area contributed by atoms with E-state index in [1.54, 1.807) is 0 Å². The van der Waals surface area contributed by atoms with Crippen LogP contribution in [0.1, 0.15) is 19.3 Å². The van der Waals surface area contributed by atoms with Gasteiger partial charge in [-0.15, -0.1) is 19.0 Å². The molecular weight excluding hydrogens is 240 g/mol. The van der Waals surface area contributed by atoms with Gasteiger partial charge in [-0.1, -0.05) is 6.08 Å². The smallest absolute Gasteiger partial charge is 0.239 e. The second kappa shape index (κ2) is 6.38. The lowest BCUT2D eigenvalue weighted by Gasteiger charge is -2.32. The van der Waals surface area contributed by atoms with Crippen LogP contribution >= 0.6 is 12.4 Å². The van der Waals surface area contributed by atoms with E-state index < -0.39 is 0 Å². The lowest BCUT2D eigenvalue weighted by molar-refractivity contribution is -0.134. The molecule has 2 saturated heterocycles. The summed E-state index contributed by atoms with van der Waals surface area (Å²) in [6.07, 6.45) is 4.22. The summed E-state index contributed by atoms with van der Waals surface area (Å²) >= 11 is 0. The van der Waals surface area contributed by atoms with E-state index in [1.165, 1.54) is 0 Å². The van der Waals surface area contributed by atoms with Gasteiger partial charge in [0.05, 0.1) is 12.1 Å². The van der Waals surface area contributed by atoms with Crippen molar-refractivity contribution in [1.82, 2.24) is 10.2 Å². The zero-order valence-corrected chi connectivity index (χ0v) is 10.8. The van der Waals surface area contributed by atoms with E-state index in [-0.39, 0.29) is 30.5 Å².